The third kappa shape index (κ3) is 4.37. The largest absolute Gasteiger partial charge is 0.434 e. The molecule has 0 aliphatic rings. The molecule has 0 amide bonds. The molecule has 0 radical (unpaired) electrons. The summed E-state index contributed by atoms with van der Waals surface area (Å²) in [5.74, 6) is -1.91. The summed E-state index contributed by atoms with van der Waals surface area (Å²) in [6.45, 7) is 7.72. The Labute approximate surface area is 93.3 Å². The van der Waals surface area contributed by atoms with E-state index in [4.69, 9.17) is 4.55 Å². The SMILES string of the molecule is C=COC(=O)C(CC(=O)C(=C)C)S(=O)(=O)O. The Balaban J connectivity index is 4.98. The summed E-state index contributed by atoms with van der Waals surface area (Å²) in [6.07, 6.45) is 0.00654. The monoisotopic (exact) mass is 248 g/mol. The Kier molecular flexibility index (Phi) is 5.06. The Morgan fingerprint density at radius 3 is 2.31 bits per heavy atom. The fourth-order valence-electron chi connectivity index (χ4n) is 0.811. The molecule has 6 nitrogen and oxygen atoms in total. The third-order valence-corrected chi connectivity index (χ3v) is 2.75. The van der Waals surface area contributed by atoms with Gasteiger partial charge in [-0.15, -0.1) is 0 Å². The first-order valence-electron chi connectivity index (χ1n) is 4.16. The van der Waals surface area contributed by atoms with Gasteiger partial charge in [-0.2, -0.15) is 8.42 Å². The Morgan fingerprint density at radius 1 is 1.50 bits per heavy atom. The Hall–Kier alpha value is -1.47. The van der Waals surface area contributed by atoms with Crippen LogP contribution in [-0.4, -0.2) is 30.0 Å². The van der Waals surface area contributed by atoms with E-state index >= 15 is 0 Å². The van der Waals surface area contributed by atoms with Crippen LogP contribution >= 0.6 is 0 Å². The molecule has 0 fully saturated rings. The highest BCUT2D eigenvalue weighted by atomic mass is 32.2. The molecule has 1 unspecified atom stereocenters. The number of ether oxygens (including phenoxy) is 1. The van der Waals surface area contributed by atoms with Crippen LogP contribution in [0.4, 0.5) is 0 Å². The summed E-state index contributed by atoms with van der Waals surface area (Å²) in [6, 6.07) is 0. The molecule has 0 spiro atoms. The van der Waals surface area contributed by atoms with Crippen molar-refractivity contribution >= 4 is 21.9 Å². The number of allylic oxidation sites excluding steroid dienone is 1. The molecule has 0 aromatic carbocycles. The van der Waals surface area contributed by atoms with Gasteiger partial charge in [0.15, 0.2) is 11.0 Å². The molecule has 1 atom stereocenters. The molecule has 0 rings (SSSR count). The molecule has 0 bridgehead atoms. The molecule has 16 heavy (non-hydrogen) atoms. The quantitative estimate of drug-likeness (QED) is 0.317. The maximum atomic E-state index is 11.2. The van der Waals surface area contributed by atoms with Gasteiger partial charge < -0.3 is 4.74 Å². The number of esters is 1. The number of Topliss-reactive ketones (excluding diaryl/α,β-unsaturated/α-hetero) is 1. The van der Waals surface area contributed by atoms with Crippen molar-refractivity contribution in [2.45, 2.75) is 18.6 Å². The standard InChI is InChI=1S/C9H12O6S/c1-4-15-9(11)8(16(12,13)14)5-7(10)6(2)3/h4,8H,1-2,5H2,3H3,(H,12,13,14). The van der Waals surface area contributed by atoms with Crippen LogP contribution in [0.25, 0.3) is 0 Å². The fraction of sp³-hybridized carbons (Fsp3) is 0.333. The van der Waals surface area contributed by atoms with Gasteiger partial charge in [-0.1, -0.05) is 13.2 Å². The maximum absolute atomic E-state index is 11.2. The van der Waals surface area contributed by atoms with Crippen molar-refractivity contribution in [3.8, 4) is 0 Å². The van der Waals surface area contributed by atoms with Crippen molar-refractivity contribution in [1.82, 2.24) is 0 Å². The van der Waals surface area contributed by atoms with E-state index in [1.165, 1.54) is 6.92 Å². The maximum Gasteiger partial charge on any atom is 0.332 e. The van der Waals surface area contributed by atoms with Crippen LogP contribution in [0.15, 0.2) is 25.0 Å². The van der Waals surface area contributed by atoms with Gasteiger partial charge in [0.1, 0.15) is 0 Å². The first-order valence-corrected chi connectivity index (χ1v) is 5.67. The van der Waals surface area contributed by atoms with Gasteiger partial charge >= 0.3 is 5.97 Å². The van der Waals surface area contributed by atoms with Gasteiger partial charge in [0.2, 0.25) is 0 Å². The van der Waals surface area contributed by atoms with Crippen LogP contribution < -0.4 is 0 Å². The predicted molar refractivity (Wildman–Crippen MR) is 56.1 cm³/mol. The van der Waals surface area contributed by atoms with E-state index in [9.17, 15) is 18.0 Å². The van der Waals surface area contributed by atoms with Crippen LogP contribution in [0.1, 0.15) is 13.3 Å². The van der Waals surface area contributed by atoms with Crippen molar-refractivity contribution in [2.24, 2.45) is 0 Å². The van der Waals surface area contributed by atoms with Crippen LogP contribution in [0.5, 0.6) is 0 Å². The number of ketones is 1. The second-order valence-corrected chi connectivity index (χ2v) is 4.61. The van der Waals surface area contributed by atoms with Crippen molar-refractivity contribution in [3.05, 3.63) is 25.0 Å². The number of rotatable bonds is 6. The third-order valence-electron chi connectivity index (χ3n) is 1.67. The van der Waals surface area contributed by atoms with Gasteiger partial charge in [0.05, 0.1) is 6.26 Å². The van der Waals surface area contributed by atoms with E-state index in [-0.39, 0.29) is 5.57 Å². The van der Waals surface area contributed by atoms with Crippen molar-refractivity contribution in [3.63, 3.8) is 0 Å². The number of carbonyl (C=O) groups excluding carboxylic acids is 2. The summed E-state index contributed by atoms with van der Waals surface area (Å²) in [5.41, 5.74) is 0.0834. The Morgan fingerprint density at radius 2 is 2.00 bits per heavy atom. The minimum Gasteiger partial charge on any atom is -0.434 e. The fourth-order valence-corrected chi connectivity index (χ4v) is 1.47. The summed E-state index contributed by atoms with van der Waals surface area (Å²) < 4.78 is 34.7. The van der Waals surface area contributed by atoms with Gasteiger partial charge in [0, 0.05) is 6.42 Å². The highest BCUT2D eigenvalue weighted by molar-refractivity contribution is 7.87. The van der Waals surface area contributed by atoms with Crippen LogP contribution in [-0.2, 0) is 24.4 Å². The van der Waals surface area contributed by atoms with Gasteiger partial charge in [0.25, 0.3) is 10.1 Å². The summed E-state index contributed by atoms with van der Waals surface area (Å²) in [7, 11) is -4.70. The Bertz CT molecular complexity index is 419. The van der Waals surface area contributed by atoms with E-state index in [1.807, 2.05) is 0 Å². The second-order valence-electron chi connectivity index (χ2n) is 3.01. The number of hydrogen-bond acceptors (Lipinski definition) is 5. The topological polar surface area (TPSA) is 97.7 Å². The average Bonchev–Trinajstić information content (AvgIpc) is 2.11. The minimum absolute atomic E-state index is 0.0834. The van der Waals surface area contributed by atoms with E-state index in [1.54, 1.807) is 0 Å². The number of hydrogen-bond donors (Lipinski definition) is 1. The average molecular weight is 248 g/mol. The first-order chi connectivity index (χ1) is 7.20. The molecule has 0 saturated carbocycles. The van der Waals surface area contributed by atoms with E-state index < -0.39 is 33.5 Å². The molecule has 1 N–H and O–H groups in total. The van der Waals surface area contributed by atoms with E-state index in [0.29, 0.717) is 6.26 Å². The molecular weight excluding hydrogens is 236 g/mol. The lowest BCUT2D eigenvalue weighted by Gasteiger charge is -2.10. The molecule has 90 valence electrons. The van der Waals surface area contributed by atoms with Crippen molar-refractivity contribution in [2.75, 3.05) is 0 Å². The van der Waals surface area contributed by atoms with E-state index in [0.717, 1.165) is 0 Å². The zero-order valence-electron chi connectivity index (χ0n) is 8.67. The molecule has 0 saturated heterocycles. The zero-order chi connectivity index (χ0) is 12.9. The van der Waals surface area contributed by atoms with Crippen LogP contribution in [0.3, 0.4) is 0 Å². The molecular formula is C9H12O6S. The van der Waals surface area contributed by atoms with Gasteiger partial charge in [-0.3, -0.25) is 14.1 Å². The van der Waals surface area contributed by atoms with Crippen LogP contribution in [0, 0.1) is 0 Å². The van der Waals surface area contributed by atoms with Crippen LogP contribution in [0.2, 0.25) is 0 Å². The van der Waals surface area contributed by atoms with Gasteiger partial charge in [-0.25, -0.2) is 0 Å². The second kappa shape index (κ2) is 5.57. The predicted octanol–water partition coefficient (Wildman–Crippen LogP) is 0.465. The summed E-state index contributed by atoms with van der Waals surface area (Å²) >= 11 is 0. The van der Waals surface area contributed by atoms with Crippen molar-refractivity contribution < 1.29 is 27.3 Å². The van der Waals surface area contributed by atoms with Gasteiger partial charge in [-0.05, 0) is 12.5 Å². The lowest BCUT2D eigenvalue weighted by Crippen LogP contribution is -2.33. The normalized spacial score (nSPS) is 12.6. The highest BCUT2D eigenvalue weighted by Gasteiger charge is 2.34. The lowest BCUT2D eigenvalue weighted by molar-refractivity contribution is -0.138. The van der Waals surface area contributed by atoms with Crippen molar-refractivity contribution in [1.29, 1.82) is 0 Å². The lowest BCUT2D eigenvalue weighted by atomic mass is 10.1. The zero-order valence-corrected chi connectivity index (χ0v) is 9.49. The smallest absolute Gasteiger partial charge is 0.332 e. The summed E-state index contributed by atoms with van der Waals surface area (Å²) in [5, 5.41) is -1.95. The van der Waals surface area contributed by atoms with E-state index in [2.05, 4.69) is 17.9 Å². The molecule has 0 aliphatic carbocycles. The molecule has 0 aromatic heterocycles. The summed E-state index contributed by atoms with van der Waals surface area (Å²) in [4.78, 5) is 22.3. The molecule has 7 heteroatoms. The molecule has 0 aromatic rings. The molecule has 0 aliphatic heterocycles. The minimum atomic E-state index is -4.70. The molecule has 0 heterocycles. The number of carbonyl (C=O) groups is 2. The first kappa shape index (κ1) is 14.5. The highest BCUT2D eigenvalue weighted by Crippen LogP contribution is 2.10.